The van der Waals surface area contributed by atoms with Crippen LogP contribution in [0.3, 0.4) is 0 Å². The van der Waals surface area contributed by atoms with Crippen molar-refractivity contribution in [2.24, 2.45) is 5.14 Å². The molecule has 0 atom stereocenters. The lowest BCUT2D eigenvalue weighted by molar-refractivity contribution is 0.0636. The summed E-state index contributed by atoms with van der Waals surface area (Å²) in [6, 6.07) is 4.13. The molecule has 3 N–H and O–H groups in total. The van der Waals surface area contributed by atoms with Gasteiger partial charge in [0.2, 0.25) is 10.0 Å². The van der Waals surface area contributed by atoms with Crippen LogP contribution < -0.4 is 10.5 Å². The average molecular weight is 352 g/mol. The van der Waals surface area contributed by atoms with Crippen LogP contribution in [0.2, 0.25) is 0 Å². The predicted octanol–water partition coefficient (Wildman–Crippen LogP) is 2.18. The predicted molar refractivity (Wildman–Crippen MR) is 89.5 cm³/mol. The molecule has 2 aromatic rings. The maximum absolute atomic E-state index is 12.0. The van der Waals surface area contributed by atoms with Crippen LogP contribution in [0.1, 0.15) is 26.3 Å². The molecular weight excluding hydrogens is 332 g/mol. The van der Waals surface area contributed by atoms with E-state index in [0.29, 0.717) is 5.69 Å². The molecule has 1 aromatic heterocycles. The lowest BCUT2D eigenvalue weighted by atomic mass is 10.2. The SMILES string of the molecule is Cc1cnn(-c2ccc(S(N)(=O)=O)cc2NC(=O)OC(C)(C)C)c1. The summed E-state index contributed by atoms with van der Waals surface area (Å²) in [4.78, 5) is 11.9. The number of amides is 1. The molecule has 0 saturated heterocycles. The molecule has 1 aromatic carbocycles. The Morgan fingerprint density at radius 3 is 2.50 bits per heavy atom. The van der Waals surface area contributed by atoms with E-state index in [0.717, 1.165) is 5.56 Å². The van der Waals surface area contributed by atoms with Crippen LogP contribution in [-0.2, 0) is 14.8 Å². The summed E-state index contributed by atoms with van der Waals surface area (Å²) in [5, 5.41) is 11.9. The van der Waals surface area contributed by atoms with E-state index in [1.54, 1.807) is 33.2 Å². The summed E-state index contributed by atoms with van der Waals surface area (Å²) in [5.74, 6) is 0. The zero-order valence-corrected chi connectivity index (χ0v) is 14.7. The molecule has 0 unspecified atom stereocenters. The van der Waals surface area contributed by atoms with E-state index >= 15 is 0 Å². The molecule has 8 nitrogen and oxygen atoms in total. The van der Waals surface area contributed by atoms with Gasteiger partial charge < -0.3 is 4.74 Å². The van der Waals surface area contributed by atoms with Crippen LogP contribution in [0.4, 0.5) is 10.5 Å². The number of carbonyl (C=O) groups excluding carboxylic acids is 1. The zero-order valence-electron chi connectivity index (χ0n) is 13.9. The minimum absolute atomic E-state index is 0.124. The van der Waals surface area contributed by atoms with Gasteiger partial charge in [-0.05, 0) is 51.5 Å². The van der Waals surface area contributed by atoms with Gasteiger partial charge >= 0.3 is 6.09 Å². The number of hydrogen-bond donors (Lipinski definition) is 2. The number of benzene rings is 1. The maximum Gasteiger partial charge on any atom is 0.412 e. The number of aryl methyl sites for hydroxylation is 1. The molecule has 0 bridgehead atoms. The molecule has 1 heterocycles. The molecule has 130 valence electrons. The number of ether oxygens (including phenoxy) is 1. The monoisotopic (exact) mass is 352 g/mol. The van der Waals surface area contributed by atoms with Gasteiger partial charge in [0.25, 0.3) is 0 Å². The Hall–Kier alpha value is -2.39. The zero-order chi connectivity index (χ0) is 18.1. The Balaban J connectivity index is 2.46. The van der Waals surface area contributed by atoms with Gasteiger partial charge in [-0.1, -0.05) is 0 Å². The van der Waals surface area contributed by atoms with Gasteiger partial charge in [-0.15, -0.1) is 0 Å². The molecule has 0 radical (unpaired) electrons. The second-order valence-electron chi connectivity index (χ2n) is 6.31. The number of sulfonamides is 1. The number of nitrogens with zero attached hydrogens (tertiary/aromatic N) is 2. The third-order valence-corrected chi connectivity index (χ3v) is 3.80. The van der Waals surface area contributed by atoms with Crippen LogP contribution >= 0.6 is 0 Å². The van der Waals surface area contributed by atoms with E-state index < -0.39 is 21.7 Å². The summed E-state index contributed by atoms with van der Waals surface area (Å²) >= 11 is 0. The largest absolute Gasteiger partial charge is 0.444 e. The number of primary sulfonamides is 1. The normalized spacial score (nSPS) is 12.0. The van der Waals surface area contributed by atoms with E-state index in [1.807, 2.05) is 6.92 Å². The minimum atomic E-state index is -3.91. The summed E-state index contributed by atoms with van der Waals surface area (Å²) in [6.07, 6.45) is 2.68. The van der Waals surface area contributed by atoms with Gasteiger partial charge in [0.1, 0.15) is 5.60 Å². The van der Waals surface area contributed by atoms with E-state index in [9.17, 15) is 13.2 Å². The Bertz CT molecular complexity index is 866. The highest BCUT2D eigenvalue weighted by molar-refractivity contribution is 7.89. The fourth-order valence-electron chi connectivity index (χ4n) is 1.95. The van der Waals surface area contributed by atoms with Crippen LogP contribution in [0.5, 0.6) is 0 Å². The molecule has 0 aliphatic rings. The van der Waals surface area contributed by atoms with Gasteiger partial charge in [0.05, 0.1) is 22.5 Å². The Kier molecular flexibility index (Phi) is 4.68. The number of rotatable bonds is 3. The smallest absolute Gasteiger partial charge is 0.412 e. The lowest BCUT2D eigenvalue weighted by Crippen LogP contribution is -2.27. The van der Waals surface area contributed by atoms with Crippen molar-refractivity contribution in [2.45, 2.75) is 38.2 Å². The van der Waals surface area contributed by atoms with Crippen molar-refractivity contribution in [3.05, 3.63) is 36.2 Å². The molecule has 0 spiro atoms. The van der Waals surface area contributed by atoms with E-state index in [1.165, 1.54) is 22.9 Å². The minimum Gasteiger partial charge on any atom is -0.444 e. The first-order chi connectivity index (χ1) is 11.0. The van der Waals surface area contributed by atoms with Crippen LogP contribution in [0.15, 0.2) is 35.5 Å². The van der Waals surface area contributed by atoms with Crippen molar-refractivity contribution in [3.8, 4) is 5.69 Å². The first-order valence-electron chi connectivity index (χ1n) is 7.14. The Morgan fingerprint density at radius 1 is 1.33 bits per heavy atom. The molecule has 1 amide bonds. The number of nitrogens with two attached hydrogens (primary N) is 1. The third kappa shape index (κ3) is 4.56. The molecule has 9 heteroatoms. The van der Waals surface area contributed by atoms with Crippen molar-refractivity contribution in [2.75, 3.05) is 5.32 Å². The quantitative estimate of drug-likeness (QED) is 0.878. The highest BCUT2D eigenvalue weighted by atomic mass is 32.2. The number of nitrogens with one attached hydrogen (secondary N) is 1. The van der Waals surface area contributed by atoms with Crippen LogP contribution in [0.25, 0.3) is 5.69 Å². The molecule has 2 rings (SSSR count). The molecule has 24 heavy (non-hydrogen) atoms. The first kappa shape index (κ1) is 18.0. The van der Waals surface area contributed by atoms with Crippen molar-refractivity contribution < 1.29 is 17.9 Å². The lowest BCUT2D eigenvalue weighted by Gasteiger charge is -2.20. The van der Waals surface area contributed by atoms with Gasteiger partial charge in [0.15, 0.2) is 0 Å². The number of aromatic nitrogens is 2. The van der Waals surface area contributed by atoms with Crippen molar-refractivity contribution >= 4 is 21.8 Å². The third-order valence-electron chi connectivity index (χ3n) is 2.89. The summed E-state index contributed by atoms with van der Waals surface area (Å²) in [6.45, 7) is 7.05. The van der Waals surface area contributed by atoms with E-state index in [-0.39, 0.29) is 10.6 Å². The summed E-state index contributed by atoms with van der Waals surface area (Å²) in [5.41, 5.74) is 0.929. The molecular formula is C15H20N4O4S. The second kappa shape index (κ2) is 6.25. The fraction of sp³-hybridized carbons (Fsp3) is 0.333. The van der Waals surface area contributed by atoms with Crippen LogP contribution in [0, 0.1) is 6.92 Å². The summed E-state index contributed by atoms with van der Waals surface area (Å²) in [7, 11) is -3.91. The van der Waals surface area contributed by atoms with Gasteiger partial charge in [-0.2, -0.15) is 5.10 Å². The number of carbonyl (C=O) groups is 1. The molecule has 0 saturated carbocycles. The fourth-order valence-corrected chi connectivity index (χ4v) is 2.49. The molecule has 0 aliphatic heterocycles. The highest BCUT2D eigenvalue weighted by Crippen LogP contribution is 2.24. The summed E-state index contributed by atoms with van der Waals surface area (Å²) < 4.78 is 29.9. The van der Waals surface area contributed by atoms with Gasteiger partial charge in [0, 0.05) is 6.20 Å². The second-order valence-corrected chi connectivity index (χ2v) is 7.87. The molecule has 0 fully saturated rings. The number of hydrogen-bond acceptors (Lipinski definition) is 5. The van der Waals surface area contributed by atoms with Gasteiger partial charge in [-0.25, -0.2) is 23.0 Å². The number of anilines is 1. The highest BCUT2D eigenvalue weighted by Gasteiger charge is 2.19. The van der Waals surface area contributed by atoms with E-state index in [2.05, 4.69) is 10.4 Å². The van der Waals surface area contributed by atoms with Crippen molar-refractivity contribution in [1.82, 2.24) is 9.78 Å². The van der Waals surface area contributed by atoms with Gasteiger partial charge in [-0.3, -0.25) is 5.32 Å². The van der Waals surface area contributed by atoms with E-state index in [4.69, 9.17) is 9.88 Å². The Labute approximate surface area is 140 Å². The standard InChI is InChI=1S/C15H20N4O4S/c1-10-8-17-19(9-10)13-6-5-11(24(16,21)22)7-12(13)18-14(20)23-15(2,3)4/h5-9H,1-4H3,(H,18,20)(H2,16,21,22). The van der Waals surface area contributed by atoms with Crippen molar-refractivity contribution in [1.29, 1.82) is 0 Å². The molecule has 0 aliphatic carbocycles. The van der Waals surface area contributed by atoms with Crippen molar-refractivity contribution in [3.63, 3.8) is 0 Å². The van der Waals surface area contributed by atoms with Crippen LogP contribution in [-0.4, -0.2) is 29.9 Å². The maximum atomic E-state index is 12.0. The average Bonchev–Trinajstić information content (AvgIpc) is 2.81. The first-order valence-corrected chi connectivity index (χ1v) is 8.69. The Morgan fingerprint density at radius 2 is 2.00 bits per heavy atom. The topological polar surface area (TPSA) is 116 Å².